The van der Waals surface area contributed by atoms with E-state index in [1.165, 1.54) is 0 Å². The molecule has 0 saturated carbocycles. The standard InChI is InChI=1S/C11H6F11N.ClH/c12-8(13,11(20,21)22)7(23)5-2-1-4(9(14,15)16)3-6(5)10(17,18)19;/h1-3,7H,23H2;1H/t7-;/m1./s1. The van der Waals surface area contributed by atoms with Crippen LogP contribution in [0, 0.1) is 0 Å². The number of rotatable bonds is 2. The third-order valence-electron chi connectivity index (χ3n) is 2.79. The minimum absolute atomic E-state index is 0. The van der Waals surface area contributed by atoms with Gasteiger partial charge in [0.1, 0.15) is 6.04 Å². The smallest absolute Gasteiger partial charge is 0.319 e. The van der Waals surface area contributed by atoms with E-state index in [2.05, 4.69) is 5.73 Å². The van der Waals surface area contributed by atoms with Crippen molar-refractivity contribution in [2.75, 3.05) is 0 Å². The van der Waals surface area contributed by atoms with Gasteiger partial charge in [-0.05, 0) is 17.7 Å². The summed E-state index contributed by atoms with van der Waals surface area (Å²) in [4.78, 5) is 0. The van der Waals surface area contributed by atoms with Gasteiger partial charge in [0.25, 0.3) is 0 Å². The Kier molecular flexibility index (Phi) is 6.19. The van der Waals surface area contributed by atoms with Crippen LogP contribution in [0.1, 0.15) is 22.7 Å². The third-order valence-corrected chi connectivity index (χ3v) is 2.79. The van der Waals surface area contributed by atoms with Crippen LogP contribution in [0.25, 0.3) is 0 Å². The highest BCUT2D eigenvalue weighted by atomic mass is 35.5. The molecule has 0 aliphatic carbocycles. The first kappa shape index (κ1) is 22.7. The molecule has 1 nitrogen and oxygen atoms in total. The number of nitrogens with two attached hydrogens (primary N) is 1. The van der Waals surface area contributed by atoms with E-state index in [9.17, 15) is 48.3 Å². The van der Waals surface area contributed by atoms with Gasteiger partial charge in [0.2, 0.25) is 0 Å². The molecular weight excluding hydrogens is 391 g/mol. The lowest BCUT2D eigenvalue weighted by molar-refractivity contribution is -0.291. The van der Waals surface area contributed by atoms with Crippen LogP contribution in [0.4, 0.5) is 48.3 Å². The zero-order chi connectivity index (χ0) is 18.4. The van der Waals surface area contributed by atoms with Crippen molar-refractivity contribution in [3.8, 4) is 0 Å². The monoisotopic (exact) mass is 397 g/mol. The minimum atomic E-state index is -6.28. The zero-order valence-electron chi connectivity index (χ0n) is 11.0. The molecule has 0 bridgehead atoms. The summed E-state index contributed by atoms with van der Waals surface area (Å²) in [5, 5.41) is 0. The normalized spacial score (nSPS) is 15.0. The predicted molar refractivity (Wildman–Crippen MR) is 61.6 cm³/mol. The molecule has 0 aliphatic rings. The van der Waals surface area contributed by atoms with E-state index in [4.69, 9.17) is 0 Å². The molecule has 0 radical (unpaired) electrons. The Bertz CT molecular complexity index is 573. The lowest BCUT2D eigenvalue weighted by Crippen LogP contribution is -2.46. The van der Waals surface area contributed by atoms with Crippen molar-refractivity contribution in [2.24, 2.45) is 5.73 Å². The summed E-state index contributed by atoms with van der Waals surface area (Å²) >= 11 is 0. The molecular formula is C11H7ClF11N. The van der Waals surface area contributed by atoms with Gasteiger partial charge in [0.05, 0.1) is 11.1 Å². The molecule has 0 amide bonds. The molecule has 13 heteroatoms. The third kappa shape index (κ3) is 4.41. The van der Waals surface area contributed by atoms with Gasteiger partial charge in [-0.2, -0.15) is 48.3 Å². The molecule has 0 fully saturated rings. The van der Waals surface area contributed by atoms with E-state index in [-0.39, 0.29) is 24.5 Å². The van der Waals surface area contributed by atoms with Crippen LogP contribution in [0.3, 0.4) is 0 Å². The molecule has 1 aromatic rings. The van der Waals surface area contributed by atoms with Crippen LogP contribution < -0.4 is 5.73 Å². The molecule has 1 aromatic carbocycles. The molecule has 0 unspecified atom stereocenters. The Balaban J connectivity index is 0.00000529. The first-order valence-corrected chi connectivity index (χ1v) is 5.48. The Morgan fingerprint density at radius 2 is 1.21 bits per heavy atom. The van der Waals surface area contributed by atoms with Crippen LogP contribution in [-0.2, 0) is 12.4 Å². The molecule has 140 valence electrons. The minimum Gasteiger partial charge on any atom is -0.319 e. The number of alkyl halides is 11. The maximum Gasteiger partial charge on any atom is 0.455 e. The Labute approximate surface area is 133 Å². The molecule has 0 spiro atoms. The molecule has 2 N–H and O–H groups in total. The maximum atomic E-state index is 13.1. The first-order chi connectivity index (χ1) is 9.99. The fraction of sp³-hybridized carbons (Fsp3) is 0.455. The van der Waals surface area contributed by atoms with Gasteiger partial charge >= 0.3 is 24.5 Å². The fourth-order valence-corrected chi connectivity index (χ4v) is 1.62. The maximum absolute atomic E-state index is 13.1. The summed E-state index contributed by atoms with van der Waals surface area (Å²) < 4.78 is 138. The van der Waals surface area contributed by atoms with Crippen LogP contribution in [0.2, 0.25) is 0 Å². The lowest BCUT2D eigenvalue weighted by Gasteiger charge is -2.28. The fourth-order valence-electron chi connectivity index (χ4n) is 1.62. The summed E-state index contributed by atoms with van der Waals surface area (Å²) in [5.74, 6) is -5.77. The quantitative estimate of drug-likeness (QED) is 0.670. The van der Waals surface area contributed by atoms with Crippen molar-refractivity contribution < 1.29 is 48.3 Å². The molecule has 0 aromatic heterocycles. The molecule has 0 aliphatic heterocycles. The highest BCUT2D eigenvalue weighted by Gasteiger charge is 2.62. The van der Waals surface area contributed by atoms with Gasteiger partial charge in [0, 0.05) is 0 Å². The van der Waals surface area contributed by atoms with Crippen molar-refractivity contribution in [1.29, 1.82) is 0 Å². The van der Waals surface area contributed by atoms with Crippen molar-refractivity contribution in [1.82, 2.24) is 0 Å². The van der Waals surface area contributed by atoms with E-state index in [0.29, 0.717) is 0 Å². The lowest BCUT2D eigenvalue weighted by atomic mass is 9.93. The second-order valence-corrected chi connectivity index (χ2v) is 4.40. The summed E-state index contributed by atoms with van der Waals surface area (Å²) in [6.07, 6.45) is -17.1. The molecule has 0 heterocycles. The van der Waals surface area contributed by atoms with Gasteiger partial charge < -0.3 is 5.73 Å². The Morgan fingerprint density at radius 3 is 1.54 bits per heavy atom. The van der Waals surface area contributed by atoms with Crippen molar-refractivity contribution in [3.63, 3.8) is 0 Å². The van der Waals surface area contributed by atoms with Crippen molar-refractivity contribution in [2.45, 2.75) is 30.5 Å². The van der Waals surface area contributed by atoms with E-state index < -0.39 is 53.2 Å². The molecule has 24 heavy (non-hydrogen) atoms. The van der Waals surface area contributed by atoms with Gasteiger partial charge in [0.15, 0.2) is 0 Å². The topological polar surface area (TPSA) is 26.0 Å². The first-order valence-electron chi connectivity index (χ1n) is 5.48. The number of benzene rings is 1. The van der Waals surface area contributed by atoms with E-state index in [1.807, 2.05) is 0 Å². The largest absolute Gasteiger partial charge is 0.455 e. The van der Waals surface area contributed by atoms with Gasteiger partial charge in [-0.3, -0.25) is 0 Å². The van der Waals surface area contributed by atoms with Crippen LogP contribution in [0.15, 0.2) is 18.2 Å². The second-order valence-electron chi connectivity index (χ2n) is 4.40. The number of halogens is 12. The van der Waals surface area contributed by atoms with Gasteiger partial charge in [-0.15, -0.1) is 12.4 Å². The average molecular weight is 398 g/mol. The number of hydrogen-bond acceptors (Lipinski definition) is 1. The van der Waals surface area contributed by atoms with Gasteiger partial charge in [-0.25, -0.2) is 0 Å². The molecule has 1 atom stereocenters. The van der Waals surface area contributed by atoms with Crippen LogP contribution >= 0.6 is 12.4 Å². The number of hydrogen-bond donors (Lipinski definition) is 1. The zero-order valence-corrected chi connectivity index (χ0v) is 11.8. The highest BCUT2D eigenvalue weighted by molar-refractivity contribution is 5.85. The van der Waals surface area contributed by atoms with Crippen LogP contribution in [-0.4, -0.2) is 12.1 Å². The van der Waals surface area contributed by atoms with E-state index in [0.717, 1.165) is 0 Å². The highest BCUT2D eigenvalue weighted by Crippen LogP contribution is 2.47. The molecule has 1 rings (SSSR count). The average Bonchev–Trinajstić information content (AvgIpc) is 2.33. The van der Waals surface area contributed by atoms with Crippen molar-refractivity contribution in [3.05, 3.63) is 34.9 Å². The summed E-state index contributed by atoms with van der Waals surface area (Å²) in [5.41, 5.74) is -1.41. The second kappa shape index (κ2) is 6.54. The SMILES string of the molecule is Cl.N[C@H](c1ccc(C(F)(F)F)cc1C(F)(F)F)C(F)(F)C(F)(F)F. The van der Waals surface area contributed by atoms with E-state index in [1.54, 1.807) is 0 Å². The summed E-state index contributed by atoms with van der Waals surface area (Å²) in [6.45, 7) is 0. The summed E-state index contributed by atoms with van der Waals surface area (Å²) in [6, 6.07) is -4.30. The van der Waals surface area contributed by atoms with E-state index >= 15 is 0 Å². The Morgan fingerprint density at radius 1 is 0.750 bits per heavy atom. The van der Waals surface area contributed by atoms with Gasteiger partial charge in [-0.1, -0.05) is 6.07 Å². The molecule has 0 saturated heterocycles. The van der Waals surface area contributed by atoms with Crippen molar-refractivity contribution >= 4 is 12.4 Å². The predicted octanol–water partition coefficient (Wildman–Crippen LogP) is 5.34. The van der Waals surface area contributed by atoms with Crippen LogP contribution in [0.5, 0.6) is 0 Å². The summed E-state index contributed by atoms with van der Waals surface area (Å²) in [7, 11) is 0. The Hall–Kier alpha value is -1.30.